The number of thioether (sulfide) groups is 2. The minimum atomic E-state index is -0.253. The molecule has 0 aromatic heterocycles. The monoisotopic (exact) mass is 262 g/mol. The zero-order chi connectivity index (χ0) is 11.1. The van der Waals surface area contributed by atoms with Crippen molar-refractivity contribution >= 4 is 35.1 Å². The Bertz CT molecular complexity index is 294. The van der Waals surface area contributed by atoms with Crippen molar-refractivity contribution < 1.29 is 5.11 Å². The Labute approximate surface area is 105 Å². The fourth-order valence-electron chi connectivity index (χ4n) is 1.05. The minimum absolute atomic E-state index is 0.253. The molecule has 0 aliphatic rings. The number of aliphatic hydroxyl groups excluding tert-OH is 1. The molecule has 84 valence electrons. The fourth-order valence-corrected chi connectivity index (χ4v) is 2.99. The van der Waals surface area contributed by atoms with Gasteiger partial charge in [0, 0.05) is 16.4 Å². The van der Waals surface area contributed by atoms with Crippen LogP contribution >= 0.6 is 35.1 Å². The predicted octanol–water partition coefficient (Wildman–Crippen LogP) is 3.55. The number of rotatable bonds is 6. The molecule has 0 heterocycles. The summed E-state index contributed by atoms with van der Waals surface area (Å²) in [6.07, 6.45) is -0.253. The maximum absolute atomic E-state index is 9.65. The lowest BCUT2D eigenvalue weighted by atomic mass is 10.4. The topological polar surface area (TPSA) is 20.2 Å². The summed E-state index contributed by atoms with van der Waals surface area (Å²) in [5.74, 6) is 2.55. The van der Waals surface area contributed by atoms with Gasteiger partial charge >= 0.3 is 0 Å². The average molecular weight is 263 g/mol. The van der Waals surface area contributed by atoms with Crippen LogP contribution in [0.5, 0.6) is 0 Å². The van der Waals surface area contributed by atoms with Gasteiger partial charge in [-0.25, -0.2) is 0 Å². The van der Waals surface area contributed by atoms with Gasteiger partial charge in [0.1, 0.15) is 0 Å². The van der Waals surface area contributed by atoms with Crippen LogP contribution in [-0.2, 0) is 0 Å². The van der Waals surface area contributed by atoms with Crippen LogP contribution in [0.3, 0.4) is 0 Å². The van der Waals surface area contributed by atoms with E-state index >= 15 is 0 Å². The van der Waals surface area contributed by atoms with Crippen LogP contribution in [0.2, 0.25) is 5.02 Å². The lowest BCUT2D eigenvalue weighted by Crippen LogP contribution is -2.13. The molecule has 15 heavy (non-hydrogen) atoms. The second kappa shape index (κ2) is 7.44. The maximum Gasteiger partial charge on any atom is 0.0724 e. The molecule has 0 fully saturated rings. The molecule has 1 N–H and O–H groups in total. The van der Waals surface area contributed by atoms with E-state index in [1.807, 2.05) is 24.3 Å². The summed E-state index contributed by atoms with van der Waals surface area (Å²) < 4.78 is 0. The van der Waals surface area contributed by atoms with Gasteiger partial charge in [0.15, 0.2) is 0 Å². The summed E-state index contributed by atoms with van der Waals surface area (Å²) in [5, 5.41) is 10.4. The molecule has 0 amide bonds. The molecule has 4 heteroatoms. The summed E-state index contributed by atoms with van der Waals surface area (Å²) in [6.45, 7) is 2.10. The van der Waals surface area contributed by atoms with Crippen molar-refractivity contribution in [1.82, 2.24) is 0 Å². The second-order valence-electron chi connectivity index (χ2n) is 3.05. The maximum atomic E-state index is 9.65. The highest BCUT2D eigenvalue weighted by molar-refractivity contribution is 8.00. The van der Waals surface area contributed by atoms with Gasteiger partial charge in [0.25, 0.3) is 0 Å². The Morgan fingerprint density at radius 3 is 2.73 bits per heavy atom. The van der Waals surface area contributed by atoms with Gasteiger partial charge < -0.3 is 5.11 Å². The lowest BCUT2D eigenvalue weighted by Gasteiger charge is -2.09. The molecular weight excluding hydrogens is 248 g/mol. The first-order valence-corrected chi connectivity index (χ1v) is 7.39. The van der Waals surface area contributed by atoms with E-state index in [4.69, 9.17) is 11.6 Å². The summed E-state index contributed by atoms with van der Waals surface area (Å²) in [4.78, 5) is 1.04. The van der Waals surface area contributed by atoms with Crippen molar-refractivity contribution in [3.05, 3.63) is 29.3 Å². The van der Waals surface area contributed by atoms with Gasteiger partial charge in [0.05, 0.1) is 11.1 Å². The van der Waals surface area contributed by atoms with Crippen molar-refractivity contribution in [3.8, 4) is 0 Å². The summed E-state index contributed by atoms with van der Waals surface area (Å²) in [7, 11) is 0. The van der Waals surface area contributed by atoms with Crippen LogP contribution in [0, 0.1) is 0 Å². The fraction of sp³-hybridized carbons (Fsp3) is 0.455. The van der Waals surface area contributed by atoms with Gasteiger partial charge in [-0.2, -0.15) is 11.8 Å². The lowest BCUT2D eigenvalue weighted by molar-refractivity contribution is 0.225. The molecule has 0 aliphatic carbocycles. The molecule has 1 unspecified atom stereocenters. The first-order chi connectivity index (χ1) is 7.24. The SMILES string of the molecule is CCSCC(O)CSc1ccccc1Cl. The van der Waals surface area contributed by atoms with Crippen LogP contribution in [0.25, 0.3) is 0 Å². The molecular formula is C11H15ClOS2. The van der Waals surface area contributed by atoms with Crippen LogP contribution < -0.4 is 0 Å². The zero-order valence-corrected chi connectivity index (χ0v) is 11.0. The van der Waals surface area contributed by atoms with Crippen LogP contribution in [0.15, 0.2) is 29.2 Å². The third kappa shape index (κ3) is 5.16. The number of aliphatic hydroxyl groups is 1. The quantitative estimate of drug-likeness (QED) is 0.792. The van der Waals surface area contributed by atoms with Crippen molar-refractivity contribution in [3.63, 3.8) is 0 Å². The Balaban J connectivity index is 2.33. The standard InChI is InChI=1S/C11H15ClOS2/c1-2-14-7-9(13)8-15-11-6-4-3-5-10(11)12/h3-6,9,13H,2,7-8H2,1H3. The Morgan fingerprint density at radius 1 is 1.33 bits per heavy atom. The number of halogens is 1. The third-order valence-electron chi connectivity index (χ3n) is 1.78. The van der Waals surface area contributed by atoms with Crippen LogP contribution in [-0.4, -0.2) is 28.5 Å². The van der Waals surface area contributed by atoms with Crippen molar-refractivity contribution in [2.45, 2.75) is 17.9 Å². The number of hydrogen-bond acceptors (Lipinski definition) is 3. The van der Waals surface area contributed by atoms with E-state index in [-0.39, 0.29) is 6.10 Å². The molecule has 0 aliphatic heterocycles. The van der Waals surface area contributed by atoms with Crippen molar-refractivity contribution in [1.29, 1.82) is 0 Å². The van der Waals surface area contributed by atoms with E-state index in [9.17, 15) is 5.11 Å². The van der Waals surface area contributed by atoms with Crippen LogP contribution in [0.1, 0.15) is 6.92 Å². The minimum Gasteiger partial charge on any atom is -0.391 e. The number of hydrogen-bond donors (Lipinski definition) is 1. The van der Waals surface area contributed by atoms with E-state index in [1.165, 1.54) is 0 Å². The highest BCUT2D eigenvalue weighted by Crippen LogP contribution is 2.27. The van der Waals surface area contributed by atoms with Gasteiger partial charge in [0.2, 0.25) is 0 Å². The molecule has 1 aromatic carbocycles. The Morgan fingerprint density at radius 2 is 2.07 bits per heavy atom. The molecule has 1 atom stereocenters. The summed E-state index contributed by atoms with van der Waals surface area (Å²) in [6, 6.07) is 7.72. The summed E-state index contributed by atoms with van der Waals surface area (Å²) in [5.41, 5.74) is 0. The summed E-state index contributed by atoms with van der Waals surface area (Å²) >= 11 is 9.37. The Kier molecular flexibility index (Phi) is 6.57. The van der Waals surface area contributed by atoms with Crippen molar-refractivity contribution in [2.24, 2.45) is 0 Å². The highest BCUT2D eigenvalue weighted by Gasteiger charge is 2.06. The molecule has 0 saturated carbocycles. The van der Waals surface area contributed by atoms with E-state index in [2.05, 4.69) is 6.92 Å². The van der Waals surface area contributed by atoms with E-state index in [0.717, 1.165) is 21.4 Å². The van der Waals surface area contributed by atoms with E-state index < -0.39 is 0 Å². The average Bonchev–Trinajstić information content (AvgIpc) is 2.25. The molecule has 0 saturated heterocycles. The van der Waals surface area contributed by atoms with E-state index in [1.54, 1.807) is 23.5 Å². The Hall–Kier alpha value is 0.170. The van der Waals surface area contributed by atoms with Gasteiger partial charge in [-0.1, -0.05) is 30.7 Å². The third-order valence-corrected chi connectivity index (χ3v) is 4.47. The smallest absolute Gasteiger partial charge is 0.0724 e. The predicted molar refractivity (Wildman–Crippen MR) is 71.2 cm³/mol. The molecule has 1 aromatic rings. The molecule has 0 bridgehead atoms. The normalized spacial score (nSPS) is 12.7. The highest BCUT2D eigenvalue weighted by atomic mass is 35.5. The van der Waals surface area contributed by atoms with E-state index in [0.29, 0.717) is 5.75 Å². The van der Waals surface area contributed by atoms with Gasteiger partial charge in [-0.15, -0.1) is 11.8 Å². The van der Waals surface area contributed by atoms with Gasteiger partial charge in [-0.05, 0) is 17.9 Å². The molecule has 0 radical (unpaired) electrons. The van der Waals surface area contributed by atoms with Gasteiger partial charge in [-0.3, -0.25) is 0 Å². The second-order valence-corrected chi connectivity index (χ2v) is 5.84. The zero-order valence-electron chi connectivity index (χ0n) is 8.65. The first-order valence-electron chi connectivity index (χ1n) is 4.87. The first kappa shape index (κ1) is 13.2. The number of benzene rings is 1. The largest absolute Gasteiger partial charge is 0.391 e. The molecule has 0 spiro atoms. The van der Waals surface area contributed by atoms with Crippen molar-refractivity contribution in [2.75, 3.05) is 17.3 Å². The molecule has 1 rings (SSSR count). The molecule has 1 nitrogen and oxygen atoms in total. The van der Waals surface area contributed by atoms with Crippen LogP contribution in [0.4, 0.5) is 0 Å².